The van der Waals surface area contributed by atoms with E-state index in [2.05, 4.69) is 5.32 Å². The van der Waals surface area contributed by atoms with Gasteiger partial charge in [0, 0.05) is 18.7 Å². The van der Waals surface area contributed by atoms with Crippen molar-refractivity contribution in [3.8, 4) is 5.75 Å². The Morgan fingerprint density at radius 2 is 1.96 bits per heavy atom. The topological polar surface area (TPSA) is 58.6 Å². The minimum Gasteiger partial charge on any atom is -0.497 e. The van der Waals surface area contributed by atoms with Gasteiger partial charge < -0.3 is 15.0 Å². The third-order valence-corrected chi connectivity index (χ3v) is 3.90. The van der Waals surface area contributed by atoms with Crippen LogP contribution in [0.5, 0.6) is 5.75 Å². The Kier molecular flexibility index (Phi) is 4.28. The molecular weight excluding hydrogens is 292 g/mol. The van der Waals surface area contributed by atoms with Crippen molar-refractivity contribution in [2.75, 3.05) is 20.2 Å². The van der Waals surface area contributed by atoms with Gasteiger partial charge in [0.1, 0.15) is 11.8 Å². The summed E-state index contributed by atoms with van der Waals surface area (Å²) in [5.74, 6) is 0.292. The van der Waals surface area contributed by atoms with Crippen LogP contribution in [0.25, 0.3) is 0 Å². The lowest BCUT2D eigenvalue weighted by Gasteiger charge is -2.35. The molecule has 1 unspecified atom stereocenters. The molecule has 1 atom stereocenters. The number of nitrogens with zero attached hydrogens (tertiary/aromatic N) is 1. The summed E-state index contributed by atoms with van der Waals surface area (Å²) in [5, 5.41) is 2.83. The van der Waals surface area contributed by atoms with Crippen molar-refractivity contribution < 1.29 is 14.3 Å². The molecule has 1 aliphatic rings. The molecule has 0 radical (unpaired) electrons. The highest BCUT2D eigenvalue weighted by molar-refractivity contribution is 5.98. The number of benzene rings is 2. The van der Waals surface area contributed by atoms with Crippen LogP contribution >= 0.6 is 0 Å². The summed E-state index contributed by atoms with van der Waals surface area (Å²) in [4.78, 5) is 26.8. The van der Waals surface area contributed by atoms with E-state index in [1.54, 1.807) is 36.3 Å². The van der Waals surface area contributed by atoms with E-state index in [0.29, 0.717) is 24.4 Å². The molecule has 1 saturated heterocycles. The molecule has 5 nitrogen and oxygen atoms in total. The van der Waals surface area contributed by atoms with Crippen molar-refractivity contribution in [3.05, 3.63) is 65.7 Å². The molecule has 1 fully saturated rings. The first-order valence-electron chi connectivity index (χ1n) is 7.48. The summed E-state index contributed by atoms with van der Waals surface area (Å²) in [7, 11) is 1.56. The first kappa shape index (κ1) is 15.1. The van der Waals surface area contributed by atoms with Gasteiger partial charge in [-0.2, -0.15) is 0 Å². The zero-order valence-electron chi connectivity index (χ0n) is 12.9. The molecule has 0 aliphatic carbocycles. The first-order chi connectivity index (χ1) is 11.2. The Balaban J connectivity index is 1.94. The summed E-state index contributed by atoms with van der Waals surface area (Å²) in [5.41, 5.74) is 1.32. The molecule has 0 bridgehead atoms. The SMILES string of the molecule is COc1cccc(C(=O)N2CCNC(=O)C2c2ccccc2)c1. The molecule has 118 valence electrons. The number of hydrogen-bond donors (Lipinski definition) is 1. The zero-order valence-corrected chi connectivity index (χ0v) is 12.9. The van der Waals surface area contributed by atoms with Crippen LogP contribution < -0.4 is 10.1 Å². The number of rotatable bonds is 3. The Bertz CT molecular complexity index is 715. The van der Waals surface area contributed by atoms with Gasteiger partial charge in [-0.05, 0) is 23.8 Å². The van der Waals surface area contributed by atoms with Crippen LogP contribution in [0.4, 0.5) is 0 Å². The van der Waals surface area contributed by atoms with Gasteiger partial charge in [-0.1, -0.05) is 36.4 Å². The van der Waals surface area contributed by atoms with E-state index < -0.39 is 6.04 Å². The van der Waals surface area contributed by atoms with Gasteiger partial charge in [-0.25, -0.2) is 0 Å². The number of hydrogen-bond acceptors (Lipinski definition) is 3. The summed E-state index contributed by atoms with van der Waals surface area (Å²) in [6, 6.07) is 15.7. The zero-order chi connectivity index (χ0) is 16.2. The monoisotopic (exact) mass is 310 g/mol. The lowest BCUT2D eigenvalue weighted by molar-refractivity contribution is -0.128. The van der Waals surface area contributed by atoms with Crippen LogP contribution in [0.3, 0.4) is 0 Å². The third kappa shape index (κ3) is 3.04. The van der Waals surface area contributed by atoms with Crippen LogP contribution in [-0.2, 0) is 4.79 Å². The fourth-order valence-corrected chi connectivity index (χ4v) is 2.77. The van der Waals surface area contributed by atoms with Gasteiger partial charge in [-0.3, -0.25) is 9.59 Å². The lowest BCUT2D eigenvalue weighted by atomic mass is 10.0. The number of amides is 2. The number of ether oxygens (including phenoxy) is 1. The predicted octanol–water partition coefficient (Wildman–Crippen LogP) is 2.01. The maximum Gasteiger partial charge on any atom is 0.255 e. The van der Waals surface area contributed by atoms with E-state index in [4.69, 9.17) is 4.74 Å². The molecule has 23 heavy (non-hydrogen) atoms. The molecule has 2 aromatic rings. The third-order valence-electron chi connectivity index (χ3n) is 3.90. The Labute approximate surface area is 134 Å². The molecule has 0 aromatic heterocycles. The smallest absolute Gasteiger partial charge is 0.255 e. The predicted molar refractivity (Wildman–Crippen MR) is 86.2 cm³/mol. The second-order valence-corrected chi connectivity index (χ2v) is 5.33. The average Bonchev–Trinajstić information content (AvgIpc) is 2.61. The van der Waals surface area contributed by atoms with E-state index in [1.807, 2.05) is 30.3 Å². The molecule has 0 saturated carbocycles. The number of carbonyl (C=O) groups excluding carboxylic acids is 2. The molecule has 5 heteroatoms. The molecule has 0 spiro atoms. The largest absolute Gasteiger partial charge is 0.497 e. The maximum absolute atomic E-state index is 12.9. The minimum absolute atomic E-state index is 0.154. The standard InChI is InChI=1S/C18H18N2O3/c1-23-15-9-5-8-14(12-15)18(22)20-11-10-19-17(21)16(20)13-6-3-2-4-7-13/h2-9,12,16H,10-11H2,1H3,(H,19,21). The van der Waals surface area contributed by atoms with Crippen LogP contribution in [0.2, 0.25) is 0 Å². The number of nitrogens with one attached hydrogen (secondary N) is 1. The minimum atomic E-state index is -0.608. The molecule has 1 heterocycles. The van der Waals surface area contributed by atoms with E-state index in [1.165, 1.54) is 0 Å². The number of carbonyl (C=O) groups is 2. The fraction of sp³-hybridized carbons (Fsp3) is 0.222. The molecule has 3 rings (SSSR count). The fourth-order valence-electron chi connectivity index (χ4n) is 2.77. The normalized spacial score (nSPS) is 17.5. The Morgan fingerprint density at radius 1 is 1.17 bits per heavy atom. The highest BCUT2D eigenvalue weighted by Crippen LogP contribution is 2.26. The second kappa shape index (κ2) is 6.52. The highest BCUT2D eigenvalue weighted by Gasteiger charge is 2.34. The Morgan fingerprint density at radius 3 is 2.70 bits per heavy atom. The van der Waals surface area contributed by atoms with Gasteiger partial charge in [0.25, 0.3) is 5.91 Å². The van der Waals surface area contributed by atoms with Crippen LogP contribution in [0.15, 0.2) is 54.6 Å². The van der Waals surface area contributed by atoms with Crippen molar-refractivity contribution in [2.24, 2.45) is 0 Å². The molecule has 2 aromatic carbocycles. The maximum atomic E-state index is 12.9. The molecule has 2 amide bonds. The number of piperazine rings is 1. The van der Waals surface area contributed by atoms with Crippen molar-refractivity contribution >= 4 is 11.8 Å². The average molecular weight is 310 g/mol. The van der Waals surface area contributed by atoms with Gasteiger partial charge in [0.05, 0.1) is 7.11 Å². The van der Waals surface area contributed by atoms with E-state index in [0.717, 1.165) is 5.56 Å². The van der Waals surface area contributed by atoms with Crippen LogP contribution in [0, 0.1) is 0 Å². The van der Waals surface area contributed by atoms with Crippen molar-refractivity contribution in [1.29, 1.82) is 0 Å². The summed E-state index contributed by atoms with van der Waals surface area (Å²) < 4.78 is 5.17. The van der Waals surface area contributed by atoms with Crippen molar-refractivity contribution in [1.82, 2.24) is 10.2 Å². The van der Waals surface area contributed by atoms with E-state index >= 15 is 0 Å². The highest BCUT2D eigenvalue weighted by atomic mass is 16.5. The van der Waals surface area contributed by atoms with Crippen molar-refractivity contribution in [3.63, 3.8) is 0 Å². The second-order valence-electron chi connectivity index (χ2n) is 5.33. The molecule has 1 N–H and O–H groups in total. The van der Waals surface area contributed by atoms with Gasteiger partial charge in [0.2, 0.25) is 5.91 Å². The van der Waals surface area contributed by atoms with Gasteiger partial charge >= 0.3 is 0 Å². The lowest BCUT2D eigenvalue weighted by Crippen LogP contribution is -2.52. The van der Waals surface area contributed by atoms with Gasteiger partial charge in [0.15, 0.2) is 0 Å². The van der Waals surface area contributed by atoms with Gasteiger partial charge in [-0.15, -0.1) is 0 Å². The van der Waals surface area contributed by atoms with Crippen molar-refractivity contribution in [2.45, 2.75) is 6.04 Å². The summed E-state index contributed by atoms with van der Waals surface area (Å²) >= 11 is 0. The summed E-state index contributed by atoms with van der Waals surface area (Å²) in [6.45, 7) is 0.930. The first-order valence-corrected chi connectivity index (χ1v) is 7.48. The quantitative estimate of drug-likeness (QED) is 0.943. The molecule has 1 aliphatic heterocycles. The van der Waals surface area contributed by atoms with Crippen LogP contribution in [-0.4, -0.2) is 36.9 Å². The van der Waals surface area contributed by atoms with Crippen LogP contribution in [0.1, 0.15) is 22.0 Å². The van der Waals surface area contributed by atoms with E-state index in [-0.39, 0.29) is 11.8 Å². The number of methoxy groups -OCH3 is 1. The Hall–Kier alpha value is -2.82. The molecular formula is C18H18N2O3. The van der Waals surface area contributed by atoms with E-state index in [9.17, 15) is 9.59 Å². The summed E-state index contributed by atoms with van der Waals surface area (Å²) in [6.07, 6.45) is 0.